The topological polar surface area (TPSA) is 98.1 Å². The molecule has 34 heavy (non-hydrogen) atoms. The zero-order valence-electron chi connectivity index (χ0n) is 19.7. The summed E-state index contributed by atoms with van der Waals surface area (Å²) in [5, 5.41) is 10.4. The first-order valence-corrected chi connectivity index (χ1v) is 15.4. The fourth-order valence-corrected chi connectivity index (χ4v) is 8.38. The van der Waals surface area contributed by atoms with Gasteiger partial charge in [-0.05, 0) is 36.3 Å². The van der Waals surface area contributed by atoms with E-state index in [0.29, 0.717) is 39.5 Å². The van der Waals surface area contributed by atoms with Crippen molar-refractivity contribution in [1.29, 1.82) is 0 Å². The van der Waals surface area contributed by atoms with Gasteiger partial charge in [0.15, 0.2) is 6.04 Å². The zero-order chi connectivity index (χ0) is 24.7. The standard InChI is InChI=1S/C23H30N2O5S4/c1-14(2)11-23(3,4)13-33-32-9-5-8-29-22(28)30-15-6-7-16-18(10-15)34-20(24-16)19-25-17(12-31-19)21(26)27/h6-7,10,14,17H,5,8-9,11-13H2,1-4H3,(H,26,27). The van der Waals surface area contributed by atoms with E-state index in [2.05, 4.69) is 37.7 Å². The summed E-state index contributed by atoms with van der Waals surface area (Å²) in [6, 6.07) is 4.44. The molecule has 11 heteroatoms. The van der Waals surface area contributed by atoms with Gasteiger partial charge in [-0.25, -0.2) is 14.6 Å². The second-order valence-electron chi connectivity index (χ2n) is 9.15. The second kappa shape index (κ2) is 12.5. The maximum absolute atomic E-state index is 12.0. The molecule has 1 unspecified atom stereocenters. The van der Waals surface area contributed by atoms with Gasteiger partial charge in [0.1, 0.15) is 15.8 Å². The Bertz CT molecular complexity index is 1040. The quantitative estimate of drug-likeness (QED) is 0.138. The number of carboxylic acid groups (broad SMARTS) is 1. The Labute approximate surface area is 216 Å². The summed E-state index contributed by atoms with van der Waals surface area (Å²) in [6.07, 6.45) is 1.26. The summed E-state index contributed by atoms with van der Waals surface area (Å²) in [6.45, 7) is 9.44. The van der Waals surface area contributed by atoms with Gasteiger partial charge in [0, 0.05) is 23.3 Å². The minimum Gasteiger partial charge on any atom is -0.480 e. The predicted octanol–water partition coefficient (Wildman–Crippen LogP) is 6.60. The minimum atomic E-state index is -0.930. The van der Waals surface area contributed by atoms with Crippen molar-refractivity contribution in [3.63, 3.8) is 0 Å². The Morgan fingerprint density at radius 2 is 2.09 bits per heavy atom. The fraction of sp³-hybridized carbons (Fsp3) is 0.565. The number of rotatable bonds is 12. The van der Waals surface area contributed by atoms with Gasteiger partial charge in [-0.2, -0.15) is 0 Å². The van der Waals surface area contributed by atoms with Gasteiger partial charge in [-0.1, -0.05) is 49.3 Å². The molecule has 0 amide bonds. The first-order valence-electron chi connectivity index (χ1n) is 11.1. The van der Waals surface area contributed by atoms with Crippen molar-refractivity contribution in [3.05, 3.63) is 23.2 Å². The van der Waals surface area contributed by atoms with Gasteiger partial charge in [-0.3, -0.25) is 4.99 Å². The van der Waals surface area contributed by atoms with E-state index in [0.717, 1.165) is 28.1 Å². The van der Waals surface area contributed by atoms with Crippen LogP contribution in [-0.4, -0.2) is 57.2 Å². The molecular weight excluding hydrogens is 513 g/mol. The Hall–Kier alpha value is -1.43. The van der Waals surface area contributed by atoms with Crippen molar-refractivity contribution >= 4 is 72.1 Å². The maximum atomic E-state index is 12.0. The van der Waals surface area contributed by atoms with Crippen LogP contribution in [0.3, 0.4) is 0 Å². The van der Waals surface area contributed by atoms with Crippen molar-refractivity contribution in [1.82, 2.24) is 4.98 Å². The molecule has 1 aromatic heterocycles. The molecule has 0 spiro atoms. The second-order valence-corrected chi connectivity index (χ2v) is 13.8. The fourth-order valence-electron chi connectivity index (χ4n) is 3.50. The molecule has 0 saturated heterocycles. The summed E-state index contributed by atoms with van der Waals surface area (Å²) in [5.74, 6) is 2.58. The monoisotopic (exact) mass is 542 g/mol. The summed E-state index contributed by atoms with van der Waals surface area (Å²) in [7, 11) is 3.69. The smallest absolute Gasteiger partial charge is 0.480 e. The molecule has 0 bridgehead atoms. The van der Waals surface area contributed by atoms with E-state index in [1.807, 2.05) is 21.6 Å². The maximum Gasteiger partial charge on any atom is 0.513 e. The highest BCUT2D eigenvalue weighted by molar-refractivity contribution is 8.76. The van der Waals surface area contributed by atoms with E-state index in [-0.39, 0.29) is 0 Å². The number of ether oxygens (including phenoxy) is 2. The number of fused-ring (bicyclic) bond motifs is 1. The minimum absolute atomic E-state index is 0.316. The Kier molecular flexibility index (Phi) is 9.99. The molecule has 1 aliphatic heterocycles. The molecule has 0 aliphatic carbocycles. The van der Waals surface area contributed by atoms with E-state index in [1.165, 1.54) is 29.5 Å². The summed E-state index contributed by atoms with van der Waals surface area (Å²) < 4.78 is 11.3. The third-order valence-electron chi connectivity index (χ3n) is 4.77. The highest BCUT2D eigenvalue weighted by Gasteiger charge is 2.27. The molecule has 7 nitrogen and oxygen atoms in total. The third kappa shape index (κ3) is 8.35. The molecule has 0 radical (unpaired) electrons. The molecule has 3 rings (SSSR count). The van der Waals surface area contributed by atoms with Crippen LogP contribution in [0.5, 0.6) is 5.75 Å². The summed E-state index contributed by atoms with van der Waals surface area (Å²) in [4.78, 5) is 31.9. The molecule has 186 valence electrons. The largest absolute Gasteiger partial charge is 0.513 e. The molecular formula is C23H30N2O5S4. The van der Waals surface area contributed by atoms with Gasteiger partial charge in [0.2, 0.25) is 0 Å². The molecule has 1 atom stereocenters. The lowest BCUT2D eigenvalue weighted by atomic mass is 9.86. The Balaban J connectivity index is 1.39. The zero-order valence-corrected chi connectivity index (χ0v) is 23.0. The van der Waals surface area contributed by atoms with Crippen LogP contribution in [0, 0.1) is 11.3 Å². The SMILES string of the molecule is CC(C)CC(C)(C)CSSCCCOC(=O)Oc1ccc2nc(C3=NC(C(=O)O)CS3)sc2c1. The number of carboxylic acids is 1. The molecule has 0 saturated carbocycles. The van der Waals surface area contributed by atoms with Gasteiger partial charge in [0.25, 0.3) is 0 Å². The molecule has 2 heterocycles. The van der Waals surface area contributed by atoms with Crippen LogP contribution in [-0.2, 0) is 9.53 Å². The number of aromatic nitrogens is 1. The van der Waals surface area contributed by atoms with Crippen molar-refractivity contribution < 1.29 is 24.2 Å². The summed E-state index contributed by atoms with van der Waals surface area (Å²) >= 11 is 2.78. The van der Waals surface area contributed by atoms with Crippen LogP contribution in [0.2, 0.25) is 0 Å². The number of aliphatic carboxylic acids is 1. The van der Waals surface area contributed by atoms with Crippen molar-refractivity contribution in [2.24, 2.45) is 16.3 Å². The average molecular weight is 543 g/mol. The molecule has 1 aromatic carbocycles. The lowest BCUT2D eigenvalue weighted by molar-refractivity contribution is -0.137. The van der Waals surface area contributed by atoms with Gasteiger partial charge in [0.05, 0.1) is 16.8 Å². The number of carbonyl (C=O) groups is 2. The Morgan fingerprint density at radius 3 is 2.79 bits per heavy atom. The molecule has 1 aliphatic rings. The van der Waals surface area contributed by atoms with Crippen LogP contribution >= 0.6 is 44.7 Å². The average Bonchev–Trinajstić information content (AvgIpc) is 3.39. The van der Waals surface area contributed by atoms with E-state index in [1.54, 1.807) is 18.2 Å². The van der Waals surface area contributed by atoms with Gasteiger partial charge in [-0.15, -0.1) is 23.1 Å². The van der Waals surface area contributed by atoms with Crippen LogP contribution in [0.4, 0.5) is 4.79 Å². The molecule has 2 aromatic rings. The summed E-state index contributed by atoms with van der Waals surface area (Å²) in [5.41, 5.74) is 1.07. The first-order chi connectivity index (χ1) is 16.1. The highest BCUT2D eigenvalue weighted by atomic mass is 33.1. The van der Waals surface area contributed by atoms with E-state index in [4.69, 9.17) is 14.6 Å². The van der Waals surface area contributed by atoms with Gasteiger partial charge >= 0.3 is 12.1 Å². The number of thioether (sulfide) groups is 1. The van der Waals surface area contributed by atoms with Crippen LogP contribution in [0.1, 0.15) is 45.5 Å². The number of benzene rings is 1. The van der Waals surface area contributed by atoms with Crippen molar-refractivity contribution in [2.75, 3.05) is 23.9 Å². The number of carbonyl (C=O) groups excluding carboxylic acids is 1. The van der Waals surface area contributed by atoms with Crippen LogP contribution in [0.25, 0.3) is 10.2 Å². The Morgan fingerprint density at radius 1 is 1.29 bits per heavy atom. The number of thiazole rings is 1. The van der Waals surface area contributed by atoms with Crippen LogP contribution < -0.4 is 4.74 Å². The lowest BCUT2D eigenvalue weighted by Gasteiger charge is -2.25. The predicted molar refractivity (Wildman–Crippen MR) is 145 cm³/mol. The number of hydrogen-bond acceptors (Lipinski definition) is 10. The molecule has 0 fully saturated rings. The van der Waals surface area contributed by atoms with Crippen LogP contribution in [0.15, 0.2) is 23.2 Å². The third-order valence-corrected chi connectivity index (χ3v) is 9.85. The molecule has 1 N–H and O–H groups in total. The first kappa shape index (κ1) is 27.2. The van der Waals surface area contributed by atoms with Crippen molar-refractivity contribution in [2.45, 2.75) is 46.6 Å². The van der Waals surface area contributed by atoms with Gasteiger partial charge < -0.3 is 14.6 Å². The highest BCUT2D eigenvalue weighted by Crippen LogP contribution is 2.35. The van der Waals surface area contributed by atoms with Crippen molar-refractivity contribution in [3.8, 4) is 5.75 Å². The lowest BCUT2D eigenvalue weighted by Crippen LogP contribution is -2.17. The van der Waals surface area contributed by atoms with E-state index < -0.39 is 18.2 Å². The number of nitrogens with zero attached hydrogens (tertiary/aromatic N) is 2. The number of hydrogen-bond donors (Lipinski definition) is 1. The normalized spacial score (nSPS) is 16.1. The van der Waals surface area contributed by atoms with E-state index >= 15 is 0 Å². The van der Waals surface area contributed by atoms with E-state index in [9.17, 15) is 9.59 Å². The number of aliphatic imine (C=N–C) groups is 1.